The third-order valence-electron chi connectivity index (χ3n) is 3.39. The molecule has 2 nitrogen and oxygen atoms in total. The predicted octanol–water partition coefficient (Wildman–Crippen LogP) is 4.60. The molecule has 0 bridgehead atoms. The van der Waals surface area contributed by atoms with Crippen molar-refractivity contribution < 1.29 is 9.53 Å². The summed E-state index contributed by atoms with van der Waals surface area (Å²) in [6, 6.07) is 12.1. The topological polar surface area (TPSA) is 26.3 Å². The summed E-state index contributed by atoms with van der Waals surface area (Å²) in [4.78, 5) is 13.7. The molecular formula is C18H20O2S. The molecule has 110 valence electrons. The first-order valence-corrected chi connectivity index (χ1v) is 7.88. The monoisotopic (exact) mass is 300 g/mol. The van der Waals surface area contributed by atoms with Gasteiger partial charge in [-0.3, -0.25) is 4.79 Å². The number of methoxy groups -OCH3 is 1. The van der Waals surface area contributed by atoms with Crippen LogP contribution in [0.25, 0.3) is 0 Å². The second-order valence-electron chi connectivity index (χ2n) is 5.14. The minimum absolute atomic E-state index is 0.109. The molecule has 2 rings (SSSR count). The maximum absolute atomic E-state index is 12.5. The zero-order chi connectivity index (χ0) is 15.4. The highest BCUT2D eigenvalue weighted by molar-refractivity contribution is 8.00. The molecule has 3 heteroatoms. The highest BCUT2D eigenvalue weighted by atomic mass is 32.2. The Morgan fingerprint density at radius 3 is 2.48 bits per heavy atom. The van der Waals surface area contributed by atoms with E-state index in [2.05, 4.69) is 13.0 Å². The minimum atomic E-state index is 0.109. The standard InChI is InChI=1S/C18H20O2S/c1-12-9-14(3)18(16(10-12)20-4)15(19)11-21-17-8-6-5-7-13(17)2/h5-10H,11H2,1-4H3. The van der Waals surface area contributed by atoms with Crippen molar-refractivity contribution in [2.24, 2.45) is 0 Å². The van der Waals surface area contributed by atoms with Gasteiger partial charge in [-0.2, -0.15) is 0 Å². The van der Waals surface area contributed by atoms with Crippen LogP contribution in [0.5, 0.6) is 5.75 Å². The molecule has 0 amide bonds. The van der Waals surface area contributed by atoms with E-state index in [4.69, 9.17) is 4.74 Å². The van der Waals surface area contributed by atoms with Gasteiger partial charge in [-0.1, -0.05) is 24.3 Å². The number of carbonyl (C=O) groups is 1. The van der Waals surface area contributed by atoms with Gasteiger partial charge >= 0.3 is 0 Å². The van der Waals surface area contributed by atoms with E-state index in [1.165, 1.54) is 5.56 Å². The van der Waals surface area contributed by atoms with Crippen molar-refractivity contribution >= 4 is 17.5 Å². The second kappa shape index (κ2) is 6.81. The summed E-state index contributed by atoms with van der Waals surface area (Å²) < 4.78 is 5.37. The van der Waals surface area contributed by atoms with Crippen LogP contribution >= 0.6 is 11.8 Å². The molecule has 0 aliphatic heterocycles. The summed E-state index contributed by atoms with van der Waals surface area (Å²) in [7, 11) is 1.61. The molecule has 0 aliphatic rings. The van der Waals surface area contributed by atoms with Crippen molar-refractivity contribution in [1.29, 1.82) is 0 Å². The Bertz CT molecular complexity index is 662. The molecule has 0 N–H and O–H groups in total. The van der Waals surface area contributed by atoms with Gasteiger partial charge in [0.05, 0.1) is 18.4 Å². The van der Waals surface area contributed by atoms with E-state index >= 15 is 0 Å². The molecular weight excluding hydrogens is 280 g/mol. The number of thioether (sulfide) groups is 1. The Morgan fingerprint density at radius 2 is 1.81 bits per heavy atom. The molecule has 0 aliphatic carbocycles. The molecule has 0 heterocycles. The highest BCUT2D eigenvalue weighted by Gasteiger charge is 2.16. The zero-order valence-corrected chi connectivity index (χ0v) is 13.7. The van der Waals surface area contributed by atoms with E-state index in [9.17, 15) is 4.79 Å². The molecule has 0 fully saturated rings. The Labute approximate surface area is 130 Å². The largest absolute Gasteiger partial charge is 0.496 e. The van der Waals surface area contributed by atoms with Crippen LogP contribution in [0.15, 0.2) is 41.3 Å². The predicted molar refractivity (Wildman–Crippen MR) is 88.7 cm³/mol. The molecule has 0 radical (unpaired) electrons. The van der Waals surface area contributed by atoms with E-state index < -0.39 is 0 Å². The highest BCUT2D eigenvalue weighted by Crippen LogP contribution is 2.28. The van der Waals surface area contributed by atoms with Crippen LogP contribution in [0.4, 0.5) is 0 Å². The van der Waals surface area contributed by atoms with Crippen LogP contribution in [0.3, 0.4) is 0 Å². The number of hydrogen-bond donors (Lipinski definition) is 0. The number of ketones is 1. The number of ether oxygens (including phenoxy) is 1. The second-order valence-corrected chi connectivity index (χ2v) is 6.15. The Morgan fingerprint density at radius 1 is 1.10 bits per heavy atom. The molecule has 0 aromatic heterocycles. The Kier molecular flexibility index (Phi) is 5.07. The molecule has 0 atom stereocenters. The molecule has 0 unspecified atom stereocenters. The van der Waals surface area contributed by atoms with Crippen LogP contribution in [0, 0.1) is 20.8 Å². The first-order chi connectivity index (χ1) is 10.0. The summed E-state index contributed by atoms with van der Waals surface area (Å²) in [6.07, 6.45) is 0. The van der Waals surface area contributed by atoms with Crippen LogP contribution in [-0.4, -0.2) is 18.6 Å². The van der Waals surface area contributed by atoms with Gasteiger partial charge in [-0.15, -0.1) is 11.8 Å². The number of aryl methyl sites for hydroxylation is 3. The van der Waals surface area contributed by atoms with Crippen molar-refractivity contribution in [1.82, 2.24) is 0 Å². The van der Waals surface area contributed by atoms with Crippen LogP contribution in [-0.2, 0) is 0 Å². The van der Waals surface area contributed by atoms with Gasteiger partial charge in [0, 0.05) is 4.90 Å². The van der Waals surface area contributed by atoms with Crippen molar-refractivity contribution in [2.75, 3.05) is 12.9 Å². The van der Waals surface area contributed by atoms with Crippen molar-refractivity contribution in [3.63, 3.8) is 0 Å². The third kappa shape index (κ3) is 3.67. The minimum Gasteiger partial charge on any atom is -0.496 e. The molecule has 0 saturated heterocycles. The summed E-state index contributed by atoms with van der Waals surface area (Å²) in [5.74, 6) is 1.20. The van der Waals surface area contributed by atoms with Gasteiger partial charge in [-0.05, 0) is 49.6 Å². The van der Waals surface area contributed by atoms with E-state index in [-0.39, 0.29) is 5.78 Å². The third-order valence-corrected chi connectivity index (χ3v) is 4.57. The van der Waals surface area contributed by atoms with Crippen LogP contribution in [0.1, 0.15) is 27.0 Å². The average molecular weight is 300 g/mol. The first kappa shape index (κ1) is 15.6. The normalized spacial score (nSPS) is 10.5. The fraction of sp³-hybridized carbons (Fsp3) is 0.278. The number of benzene rings is 2. The molecule has 2 aromatic carbocycles. The molecule has 0 spiro atoms. The first-order valence-electron chi connectivity index (χ1n) is 6.89. The van der Waals surface area contributed by atoms with Gasteiger partial charge in [-0.25, -0.2) is 0 Å². The van der Waals surface area contributed by atoms with E-state index in [1.807, 2.05) is 44.2 Å². The molecule has 21 heavy (non-hydrogen) atoms. The zero-order valence-electron chi connectivity index (χ0n) is 12.9. The van der Waals surface area contributed by atoms with Gasteiger partial charge in [0.1, 0.15) is 5.75 Å². The van der Waals surface area contributed by atoms with Gasteiger partial charge in [0.15, 0.2) is 5.78 Å². The number of rotatable bonds is 5. The summed E-state index contributed by atoms with van der Waals surface area (Å²) in [5, 5.41) is 0. The van der Waals surface area contributed by atoms with E-state index in [0.717, 1.165) is 16.0 Å². The van der Waals surface area contributed by atoms with Crippen LogP contribution < -0.4 is 4.74 Å². The Balaban J connectivity index is 2.20. The lowest BCUT2D eigenvalue weighted by molar-refractivity contribution is 0.101. The Hall–Kier alpha value is -1.74. The lowest BCUT2D eigenvalue weighted by atomic mass is 10.0. The maximum Gasteiger partial charge on any atom is 0.177 e. The summed E-state index contributed by atoms with van der Waals surface area (Å²) in [5.41, 5.74) is 3.97. The van der Waals surface area contributed by atoms with E-state index in [0.29, 0.717) is 17.1 Å². The van der Waals surface area contributed by atoms with Gasteiger partial charge in [0.25, 0.3) is 0 Å². The summed E-state index contributed by atoms with van der Waals surface area (Å²) >= 11 is 1.58. The number of hydrogen-bond acceptors (Lipinski definition) is 3. The van der Waals surface area contributed by atoms with E-state index in [1.54, 1.807) is 18.9 Å². The van der Waals surface area contributed by atoms with Gasteiger partial charge < -0.3 is 4.74 Å². The smallest absolute Gasteiger partial charge is 0.177 e. The number of carbonyl (C=O) groups excluding carboxylic acids is 1. The van der Waals surface area contributed by atoms with Crippen molar-refractivity contribution in [3.05, 3.63) is 58.7 Å². The fourth-order valence-corrected chi connectivity index (χ4v) is 3.28. The maximum atomic E-state index is 12.5. The van der Waals surface area contributed by atoms with Gasteiger partial charge in [0.2, 0.25) is 0 Å². The van der Waals surface area contributed by atoms with Crippen molar-refractivity contribution in [3.8, 4) is 5.75 Å². The average Bonchev–Trinajstić information content (AvgIpc) is 2.45. The SMILES string of the molecule is COc1cc(C)cc(C)c1C(=O)CSc1ccccc1C. The fourth-order valence-electron chi connectivity index (χ4n) is 2.38. The summed E-state index contributed by atoms with van der Waals surface area (Å²) in [6.45, 7) is 6.03. The van der Waals surface area contributed by atoms with Crippen molar-refractivity contribution in [2.45, 2.75) is 25.7 Å². The lowest BCUT2D eigenvalue weighted by Gasteiger charge is -2.12. The quantitative estimate of drug-likeness (QED) is 0.596. The lowest BCUT2D eigenvalue weighted by Crippen LogP contribution is -2.08. The number of Topliss-reactive ketones (excluding diaryl/α,β-unsaturated/α-hetero) is 1. The molecule has 0 saturated carbocycles. The van der Waals surface area contributed by atoms with Crippen LogP contribution in [0.2, 0.25) is 0 Å². The molecule has 2 aromatic rings.